The summed E-state index contributed by atoms with van der Waals surface area (Å²) in [7, 11) is 5.90. The maximum Gasteiger partial charge on any atom is 0.306 e. The van der Waals surface area contributed by atoms with E-state index in [4.69, 9.17) is 18.9 Å². The van der Waals surface area contributed by atoms with Crippen LogP contribution in [-0.4, -0.2) is 82.3 Å². The molecule has 0 N–H and O–H groups in total. The first-order valence-corrected chi connectivity index (χ1v) is 27.8. The van der Waals surface area contributed by atoms with Gasteiger partial charge in [0.15, 0.2) is 12.4 Å². The third-order valence-corrected chi connectivity index (χ3v) is 12.1. The van der Waals surface area contributed by atoms with Gasteiger partial charge < -0.3 is 33.3 Å². The highest BCUT2D eigenvalue weighted by Crippen LogP contribution is 2.17. The molecule has 0 aliphatic carbocycles. The molecule has 0 bridgehead atoms. The molecule has 0 amide bonds. The predicted molar refractivity (Wildman–Crippen MR) is 279 cm³/mol. The molecule has 0 aromatic heterocycles. The zero-order valence-electron chi connectivity index (χ0n) is 44.3. The lowest BCUT2D eigenvalue weighted by Gasteiger charge is -2.26. The van der Waals surface area contributed by atoms with Crippen molar-refractivity contribution in [3.8, 4) is 0 Å². The molecule has 9 heteroatoms. The Hall–Kier alpha value is -2.75. The van der Waals surface area contributed by atoms with Crippen LogP contribution in [0.5, 0.6) is 0 Å². The van der Waals surface area contributed by atoms with E-state index in [2.05, 4.69) is 62.5 Å². The third kappa shape index (κ3) is 50.9. The van der Waals surface area contributed by atoms with Crippen LogP contribution in [0.3, 0.4) is 0 Å². The van der Waals surface area contributed by atoms with Crippen LogP contribution < -0.4 is 5.11 Å². The van der Waals surface area contributed by atoms with Crippen molar-refractivity contribution in [2.24, 2.45) is 0 Å². The number of aliphatic carboxylic acids is 1. The number of nitrogens with zero attached hydrogens (tertiary/aromatic N) is 1. The van der Waals surface area contributed by atoms with Crippen LogP contribution in [0.15, 0.2) is 48.6 Å². The Bertz CT molecular complexity index is 1240. The molecule has 2 unspecified atom stereocenters. The number of rotatable bonds is 51. The van der Waals surface area contributed by atoms with E-state index < -0.39 is 24.3 Å². The van der Waals surface area contributed by atoms with E-state index in [0.717, 1.165) is 57.8 Å². The number of hydrogen-bond donors (Lipinski definition) is 0. The summed E-state index contributed by atoms with van der Waals surface area (Å²) >= 11 is 0. The number of esters is 2. The lowest BCUT2D eigenvalue weighted by atomic mass is 10.0. The van der Waals surface area contributed by atoms with Crippen molar-refractivity contribution in [2.75, 3.05) is 47.5 Å². The van der Waals surface area contributed by atoms with Crippen LogP contribution in [0.1, 0.15) is 245 Å². The number of carboxylic acid groups (broad SMARTS) is 1. The number of carbonyl (C=O) groups excluding carboxylic acids is 3. The molecule has 9 nitrogen and oxygen atoms in total. The Kier molecular flexibility index (Phi) is 47.6. The van der Waals surface area contributed by atoms with E-state index in [1.54, 1.807) is 0 Å². The molecule has 0 aromatic carbocycles. The minimum atomic E-state index is -1.63. The Morgan fingerprint density at radius 2 is 0.851 bits per heavy atom. The van der Waals surface area contributed by atoms with Gasteiger partial charge in [-0.1, -0.05) is 229 Å². The van der Waals surface area contributed by atoms with Crippen molar-refractivity contribution < 1.29 is 42.9 Å². The van der Waals surface area contributed by atoms with Gasteiger partial charge in [0.05, 0.1) is 40.3 Å². The number of allylic oxidation sites excluding steroid dienone is 8. The average molecular weight is 944 g/mol. The zero-order chi connectivity index (χ0) is 49.2. The molecule has 0 radical (unpaired) electrons. The van der Waals surface area contributed by atoms with Crippen molar-refractivity contribution in [1.29, 1.82) is 0 Å². The van der Waals surface area contributed by atoms with Crippen molar-refractivity contribution in [3.05, 3.63) is 48.6 Å². The fourth-order valence-electron chi connectivity index (χ4n) is 7.82. The second-order valence-electron chi connectivity index (χ2n) is 19.9. The molecule has 0 aromatic rings. The van der Waals surface area contributed by atoms with Crippen LogP contribution in [0, 0.1) is 0 Å². The highest BCUT2D eigenvalue weighted by atomic mass is 16.7. The predicted octanol–water partition coefficient (Wildman–Crippen LogP) is 14.6. The molecular weight excluding hydrogens is 839 g/mol. The Morgan fingerprint density at radius 1 is 0.463 bits per heavy atom. The average Bonchev–Trinajstić information content (AvgIpc) is 3.29. The van der Waals surface area contributed by atoms with Gasteiger partial charge in [-0.05, 0) is 51.4 Å². The highest BCUT2D eigenvalue weighted by Gasteiger charge is 2.22. The molecule has 0 spiro atoms. The van der Waals surface area contributed by atoms with Gasteiger partial charge in [0.25, 0.3) is 0 Å². The van der Waals surface area contributed by atoms with E-state index in [-0.39, 0.29) is 38.6 Å². The normalized spacial score (nSPS) is 13.1. The fraction of sp³-hybridized carbons (Fsp3) is 0.810. The van der Waals surface area contributed by atoms with Crippen LogP contribution in [-0.2, 0) is 33.3 Å². The van der Waals surface area contributed by atoms with Crippen molar-refractivity contribution >= 4 is 17.9 Å². The van der Waals surface area contributed by atoms with E-state index in [1.165, 1.54) is 154 Å². The minimum absolute atomic E-state index is 0.139. The van der Waals surface area contributed by atoms with Crippen molar-refractivity contribution in [1.82, 2.24) is 0 Å². The standard InChI is InChI=1S/C58H105NO8/c1-6-8-10-12-14-16-18-20-22-23-24-25-26-27-28-29-30-31-32-33-35-36-38-40-42-44-46-48-55(60)65-52-54(53-66-58(57(62)63)64-51-50-59(3,4)5)67-56(61)49-47-45-43-41-39-37-34-21-19-17-15-13-11-9-7-2/h9,11,15,17,21,34,39,41,54,58H,6-8,10,12-14,16,18-20,22-33,35-38,40,42-53H2,1-5H3/b11-9-,17-15-,34-21-,41-39-. The van der Waals surface area contributed by atoms with Crippen LogP contribution in [0.4, 0.5) is 0 Å². The Balaban J connectivity index is 4.19. The molecule has 390 valence electrons. The lowest BCUT2D eigenvalue weighted by molar-refractivity contribution is -0.870. The zero-order valence-corrected chi connectivity index (χ0v) is 44.3. The maximum atomic E-state index is 12.8. The second kappa shape index (κ2) is 49.7. The number of ether oxygens (including phenoxy) is 4. The molecule has 2 atom stereocenters. The smallest absolute Gasteiger partial charge is 0.306 e. The highest BCUT2D eigenvalue weighted by molar-refractivity contribution is 5.70. The molecule has 0 saturated carbocycles. The summed E-state index contributed by atoms with van der Waals surface area (Å²) in [5.74, 6) is -2.33. The van der Waals surface area contributed by atoms with Gasteiger partial charge in [-0.3, -0.25) is 9.59 Å². The van der Waals surface area contributed by atoms with E-state index >= 15 is 0 Å². The second-order valence-corrected chi connectivity index (χ2v) is 19.9. The SMILES string of the molecule is CC/C=C\C/C=C\C/C=C\C/C=C\CCCCC(=O)OC(COC(=O)CCCCCCCCCCCCCCCCCCCCCCCCCCCCC)COC(OCC[N+](C)(C)C)C(=O)[O-]. The third-order valence-electron chi connectivity index (χ3n) is 12.1. The molecule has 67 heavy (non-hydrogen) atoms. The quantitative estimate of drug-likeness (QED) is 0.0195. The summed E-state index contributed by atoms with van der Waals surface area (Å²) in [6.45, 7) is 4.60. The molecule has 0 aliphatic heterocycles. The van der Waals surface area contributed by atoms with Gasteiger partial charge in [0, 0.05) is 12.8 Å². The molecule has 0 saturated heterocycles. The van der Waals surface area contributed by atoms with Gasteiger partial charge >= 0.3 is 11.9 Å². The number of likely N-dealkylation sites (N-methyl/N-ethyl adjacent to an activating group) is 1. The molecule has 0 fully saturated rings. The number of carbonyl (C=O) groups is 3. The van der Waals surface area contributed by atoms with Crippen LogP contribution in [0.2, 0.25) is 0 Å². The van der Waals surface area contributed by atoms with Gasteiger partial charge in [-0.15, -0.1) is 0 Å². The first-order chi connectivity index (χ1) is 32.6. The van der Waals surface area contributed by atoms with E-state index in [9.17, 15) is 19.5 Å². The van der Waals surface area contributed by atoms with Crippen molar-refractivity contribution in [2.45, 2.75) is 257 Å². The van der Waals surface area contributed by atoms with Crippen LogP contribution >= 0.6 is 0 Å². The summed E-state index contributed by atoms with van der Waals surface area (Å²) in [4.78, 5) is 37.2. The minimum Gasteiger partial charge on any atom is -0.545 e. The van der Waals surface area contributed by atoms with Gasteiger partial charge in [0.1, 0.15) is 13.2 Å². The molecular formula is C58H105NO8. The summed E-state index contributed by atoms with van der Waals surface area (Å²) in [5, 5.41) is 11.7. The number of carboxylic acids is 1. The lowest BCUT2D eigenvalue weighted by Crippen LogP contribution is -2.44. The Morgan fingerprint density at radius 3 is 1.27 bits per heavy atom. The first-order valence-electron chi connectivity index (χ1n) is 27.8. The van der Waals surface area contributed by atoms with Gasteiger partial charge in [-0.25, -0.2) is 0 Å². The maximum absolute atomic E-state index is 12.8. The number of quaternary nitrogens is 1. The summed E-state index contributed by atoms with van der Waals surface area (Å²) in [5.41, 5.74) is 0. The fourth-order valence-corrected chi connectivity index (χ4v) is 7.82. The number of hydrogen-bond acceptors (Lipinski definition) is 8. The van der Waals surface area contributed by atoms with Gasteiger partial charge in [-0.2, -0.15) is 0 Å². The Labute approximate surface area is 412 Å². The van der Waals surface area contributed by atoms with Gasteiger partial charge in [0.2, 0.25) is 0 Å². The largest absolute Gasteiger partial charge is 0.545 e. The monoisotopic (exact) mass is 944 g/mol. The summed E-state index contributed by atoms with van der Waals surface area (Å²) in [6, 6.07) is 0. The summed E-state index contributed by atoms with van der Waals surface area (Å²) < 4.78 is 22.6. The topological polar surface area (TPSA) is 111 Å². The molecule has 0 heterocycles. The molecule has 0 aliphatic rings. The molecule has 0 rings (SSSR count). The number of unbranched alkanes of at least 4 members (excludes halogenated alkanes) is 28. The van der Waals surface area contributed by atoms with Crippen LogP contribution in [0.25, 0.3) is 0 Å². The first kappa shape index (κ1) is 64.2. The van der Waals surface area contributed by atoms with E-state index in [0.29, 0.717) is 17.4 Å². The van der Waals surface area contributed by atoms with Crippen molar-refractivity contribution in [3.63, 3.8) is 0 Å². The summed E-state index contributed by atoms with van der Waals surface area (Å²) in [6.07, 6.45) is 57.5. The van der Waals surface area contributed by atoms with E-state index in [1.807, 2.05) is 21.1 Å².